The van der Waals surface area contributed by atoms with Gasteiger partial charge in [-0.25, -0.2) is 9.69 Å². The van der Waals surface area contributed by atoms with Crippen LogP contribution < -0.4 is 4.90 Å². The van der Waals surface area contributed by atoms with Crippen molar-refractivity contribution in [1.29, 1.82) is 0 Å². The molecule has 1 aromatic heterocycles. The van der Waals surface area contributed by atoms with Crippen LogP contribution in [0.3, 0.4) is 0 Å². The number of imide groups is 1. The number of hydrogen-bond donors (Lipinski definition) is 0. The Labute approximate surface area is 162 Å². The number of allylic oxidation sites excluding steroid dienone is 2. The van der Waals surface area contributed by atoms with Crippen LogP contribution in [-0.4, -0.2) is 24.4 Å². The van der Waals surface area contributed by atoms with Gasteiger partial charge in [-0.15, -0.1) is 11.3 Å². The van der Waals surface area contributed by atoms with Crippen LogP contribution in [0.5, 0.6) is 0 Å². The van der Waals surface area contributed by atoms with Gasteiger partial charge in [0.05, 0.1) is 24.0 Å². The van der Waals surface area contributed by atoms with Gasteiger partial charge in [0.15, 0.2) is 0 Å². The SMILES string of the molecule is CCOC(=O)c1c(N2C(=O)[C@H]3[C@H](C2=O)[C@H]2C=C[C@H]3C2)sc2c1CC[C@@H](C)C2. The summed E-state index contributed by atoms with van der Waals surface area (Å²) in [6, 6.07) is 0. The summed E-state index contributed by atoms with van der Waals surface area (Å²) in [6.07, 6.45) is 7.79. The molecule has 2 bridgehead atoms. The smallest absolute Gasteiger partial charge is 0.341 e. The maximum atomic E-state index is 13.2. The molecule has 1 saturated heterocycles. The quantitative estimate of drug-likeness (QED) is 0.455. The third-order valence-corrected chi connectivity index (χ3v) is 7.89. The average molecular weight is 385 g/mol. The molecule has 5 rings (SSSR count). The van der Waals surface area contributed by atoms with Crippen molar-refractivity contribution in [2.45, 2.75) is 39.5 Å². The van der Waals surface area contributed by atoms with E-state index < -0.39 is 5.97 Å². The zero-order valence-corrected chi connectivity index (χ0v) is 16.4. The predicted octanol–water partition coefficient (Wildman–Crippen LogP) is 3.36. The molecule has 0 unspecified atom stereocenters. The summed E-state index contributed by atoms with van der Waals surface area (Å²) >= 11 is 1.45. The van der Waals surface area contributed by atoms with Crippen molar-refractivity contribution < 1.29 is 19.1 Å². The van der Waals surface area contributed by atoms with Crippen LogP contribution in [0.1, 0.15) is 47.5 Å². The Morgan fingerprint density at radius 3 is 2.52 bits per heavy atom. The van der Waals surface area contributed by atoms with Crippen molar-refractivity contribution in [2.24, 2.45) is 29.6 Å². The second-order valence-electron chi connectivity index (χ2n) is 8.26. The van der Waals surface area contributed by atoms with Crippen molar-refractivity contribution in [2.75, 3.05) is 11.5 Å². The van der Waals surface area contributed by atoms with Gasteiger partial charge in [0.1, 0.15) is 5.00 Å². The van der Waals surface area contributed by atoms with E-state index >= 15 is 0 Å². The monoisotopic (exact) mass is 385 g/mol. The van der Waals surface area contributed by atoms with Gasteiger partial charge in [-0.1, -0.05) is 19.1 Å². The third kappa shape index (κ3) is 2.32. The Morgan fingerprint density at radius 2 is 1.89 bits per heavy atom. The summed E-state index contributed by atoms with van der Waals surface area (Å²) in [6.45, 7) is 4.26. The number of carbonyl (C=O) groups excluding carboxylic acids is 3. The Kier molecular flexibility index (Phi) is 3.83. The number of thiophene rings is 1. The summed E-state index contributed by atoms with van der Waals surface area (Å²) in [5.74, 6) is -0.273. The predicted molar refractivity (Wildman–Crippen MR) is 102 cm³/mol. The van der Waals surface area contributed by atoms with Crippen molar-refractivity contribution >= 4 is 34.1 Å². The molecule has 0 aromatic carbocycles. The van der Waals surface area contributed by atoms with E-state index in [2.05, 4.69) is 19.1 Å². The summed E-state index contributed by atoms with van der Waals surface area (Å²) in [4.78, 5) is 41.7. The molecule has 2 amide bonds. The van der Waals surface area contributed by atoms with Crippen molar-refractivity contribution in [1.82, 2.24) is 0 Å². The van der Waals surface area contributed by atoms with E-state index in [9.17, 15) is 14.4 Å². The van der Waals surface area contributed by atoms with Gasteiger partial charge in [0.2, 0.25) is 11.8 Å². The number of ether oxygens (including phenoxy) is 1. The lowest BCUT2D eigenvalue weighted by atomic mass is 9.85. The molecule has 0 radical (unpaired) electrons. The molecule has 0 N–H and O–H groups in total. The molecule has 3 aliphatic carbocycles. The largest absolute Gasteiger partial charge is 0.462 e. The summed E-state index contributed by atoms with van der Waals surface area (Å²) in [7, 11) is 0. The lowest BCUT2D eigenvalue weighted by Crippen LogP contribution is -2.33. The standard InChI is InChI=1S/C21H23NO4S/c1-3-26-21(25)17-13-7-4-10(2)8-14(13)27-20(17)22-18(23)15-11-5-6-12(9-11)16(15)19(22)24/h5-6,10-12,15-16H,3-4,7-9H2,1-2H3/t10-,11+,12+,15-,16-/m1/s1. The second-order valence-corrected chi connectivity index (χ2v) is 9.35. The molecule has 4 aliphatic rings. The molecule has 5 nitrogen and oxygen atoms in total. The lowest BCUT2D eigenvalue weighted by Gasteiger charge is -2.19. The van der Waals surface area contributed by atoms with E-state index in [1.807, 2.05) is 0 Å². The molecule has 2 heterocycles. The average Bonchev–Trinajstić information content (AvgIpc) is 3.36. The first kappa shape index (κ1) is 17.2. The van der Waals surface area contributed by atoms with Crippen LogP contribution in [0.15, 0.2) is 12.2 Å². The van der Waals surface area contributed by atoms with Crippen molar-refractivity contribution in [3.63, 3.8) is 0 Å². The molecular weight excluding hydrogens is 362 g/mol. The molecule has 1 saturated carbocycles. The van der Waals surface area contributed by atoms with Gasteiger partial charge in [-0.05, 0) is 55.9 Å². The van der Waals surface area contributed by atoms with E-state index in [1.165, 1.54) is 16.2 Å². The maximum absolute atomic E-state index is 13.2. The maximum Gasteiger partial charge on any atom is 0.341 e. The highest BCUT2D eigenvalue weighted by molar-refractivity contribution is 7.17. The minimum absolute atomic E-state index is 0.126. The number of fused-ring (bicyclic) bond motifs is 6. The van der Waals surface area contributed by atoms with Crippen molar-refractivity contribution in [3.05, 3.63) is 28.2 Å². The molecule has 2 fully saturated rings. The molecule has 142 valence electrons. The first-order chi connectivity index (χ1) is 13.0. The van der Waals surface area contributed by atoms with Crippen LogP contribution in [0, 0.1) is 29.6 Å². The summed E-state index contributed by atoms with van der Waals surface area (Å²) in [5.41, 5.74) is 1.45. The van der Waals surface area contributed by atoms with E-state index in [1.54, 1.807) is 6.92 Å². The minimum Gasteiger partial charge on any atom is -0.462 e. The van der Waals surface area contributed by atoms with Crippen molar-refractivity contribution in [3.8, 4) is 0 Å². The second kappa shape index (κ2) is 6.03. The van der Waals surface area contributed by atoms with Crippen LogP contribution in [0.25, 0.3) is 0 Å². The number of esters is 1. The van der Waals surface area contributed by atoms with Gasteiger partial charge in [-0.3, -0.25) is 9.59 Å². The van der Waals surface area contributed by atoms with Gasteiger partial charge < -0.3 is 4.74 Å². The fourth-order valence-electron chi connectivity index (χ4n) is 5.41. The fraction of sp³-hybridized carbons (Fsp3) is 0.571. The Balaban J connectivity index is 1.60. The number of nitrogens with zero attached hydrogens (tertiary/aromatic N) is 1. The van der Waals surface area contributed by atoms with Crippen LogP contribution in [0.2, 0.25) is 0 Å². The highest BCUT2D eigenvalue weighted by Gasteiger charge is 2.60. The molecule has 27 heavy (non-hydrogen) atoms. The minimum atomic E-state index is -0.404. The number of carbonyl (C=O) groups is 3. The lowest BCUT2D eigenvalue weighted by molar-refractivity contribution is -0.123. The number of anilines is 1. The van der Waals surface area contributed by atoms with E-state index in [0.29, 0.717) is 16.5 Å². The number of amides is 2. The highest BCUT2D eigenvalue weighted by Crippen LogP contribution is 2.55. The summed E-state index contributed by atoms with van der Waals surface area (Å²) in [5, 5.41) is 0.511. The highest BCUT2D eigenvalue weighted by atomic mass is 32.1. The fourth-order valence-corrected chi connectivity index (χ4v) is 6.92. The van der Waals surface area contributed by atoms with E-state index in [-0.39, 0.29) is 42.1 Å². The molecule has 6 heteroatoms. The number of rotatable bonds is 3. The van der Waals surface area contributed by atoms with Gasteiger partial charge in [0.25, 0.3) is 0 Å². The third-order valence-electron chi connectivity index (χ3n) is 6.65. The van der Waals surface area contributed by atoms with Crippen LogP contribution >= 0.6 is 11.3 Å². The summed E-state index contributed by atoms with van der Waals surface area (Å²) < 4.78 is 5.30. The zero-order chi connectivity index (χ0) is 18.9. The Morgan fingerprint density at radius 1 is 1.22 bits per heavy atom. The molecule has 1 aromatic rings. The topological polar surface area (TPSA) is 63.7 Å². The first-order valence-electron chi connectivity index (χ1n) is 9.89. The molecule has 5 atom stereocenters. The molecule has 0 spiro atoms. The van der Waals surface area contributed by atoms with Gasteiger partial charge in [0, 0.05) is 4.88 Å². The van der Waals surface area contributed by atoms with E-state index in [0.717, 1.165) is 36.1 Å². The normalized spacial score (nSPS) is 33.6. The van der Waals surface area contributed by atoms with E-state index in [4.69, 9.17) is 4.74 Å². The van der Waals surface area contributed by atoms with Gasteiger partial charge in [-0.2, -0.15) is 0 Å². The van der Waals surface area contributed by atoms with Crippen LogP contribution in [0.4, 0.5) is 5.00 Å². The van der Waals surface area contributed by atoms with Gasteiger partial charge >= 0.3 is 5.97 Å². The molecular formula is C21H23NO4S. The molecule has 1 aliphatic heterocycles. The Hall–Kier alpha value is -1.95. The zero-order valence-electron chi connectivity index (χ0n) is 15.6. The Bertz CT molecular complexity index is 855. The number of hydrogen-bond acceptors (Lipinski definition) is 5. The first-order valence-corrected chi connectivity index (χ1v) is 10.7. The van der Waals surface area contributed by atoms with Crippen LogP contribution in [-0.2, 0) is 27.2 Å².